The molecule has 0 aromatic carbocycles. The Kier molecular flexibility index (Phi) is 63.9. The van der Waals surface area contributed by atoms with E-state index < -0.39 is 86.8 Å². The maximum atomic E-state index is 13.4. The normalized spacial score (nSPS) is 22.2. The lowest BCUT2D eigenvalue weighted by molar-refractivity contribution is -0.359. The standard InChI is InChI=1S/C84H157NO13/c1-3-5-7-9-11-13-15-17-19-21-23-25-27-29-30-31-32-33-34-35-36-37-38-39-40-41-42-44-46-48-50-52-54-56-58-60-62-64-66-68-76(89)85-72(71-95-83-81(94)79(92)82(75(70-87)97-83)98-84-80(93)78(91)77(90)74(69-86)96-84)73(88)67-65-63-61-59-57-55-53-51-49-47-45-43-28-26-24-22-20-18-16-14-12-10-8-6-4-2/h15,17,21,23,57,59,65,67,72-75,77-84,86-88,90-94H,3-14,16,18-20,22,24-56,58,60-64,66,68-71H2,1-2H3,(H,85,89)/b17-15-,23-21-,59-57+,67-65+. The molecule has 2 saturated heterocycles. The fraction of sp³-hybridized carbons (Fsp3) is 0.893. The summed E-state index contributed by atoms with van der Waals surface area (Å²) in [6.07, 6.45) is 75.0. The third kappa shape index (κ3) is 50.4. The van der Waals surface area contributed by atoms with Crippen molar-refractivity contribution in [2.45, 2.75) is 460 Å². The fourth-order valence-corrected chi connectivity index (χ4v) is 13.9. The van der Waals surface area contributed by atoms with Crippen LogP contribution in [0.3, 0.4) is 0 Å². The zero-order valence-corrected chi connectivity index (χ0v) is 63.3. The molecular weight excluding hydrogens is 1230 g/mol. The van der Waals surface area contributed by atoms with E-state index >= 15 is 0 Å². The van der Waals surface area contributed by atoms with Crippen LogP contribution < -0.4 is 5.32 Å². The monoisotopic (exact) mass is 1390 g/mol. The molecular formula is C84H157NO13. The average molecular weight is 1390 g/mol. The smallest absolute Gasteiger partial charge is 0.220 e. The van der Waals surface area contributed by atoms with Gasteiger partial charge in [0.25, 0.3) is 0 Å². The Labute approximate surface area is 601 Å². The summed E-state index contributed by atoms with van der Waals surface area (Å²) in [5, 5.41) is 87.7. The molecule has 0 radical (unpaired) electrons. The molecule has 2 aliphatic rings. The molecule has 9 N–H and O–H groups in total. The Balaban J connectivity index is 1.58. The van der Waals surface area contributed by atoms with Crippen LogP contribution in [0.5, 0.6) is 0 Å². The topological polar surface area (TPSA) is 228 Å². The van der Waals surface area contributed by atoms with Crippen LogP contribution in [0.4, 0.5) is 0 Å². The minimum atomic E-state index is -1.79. The van der Waals surface area contributed by atoms with Crippen molar-refractivity contribution in [3.63, 3.8) is 0 Å². The Morgan fingerprint density at radius 1 is 0.367 bits per heavy atom. The molecule has 0 saturated carbocycles. The van der Waals surface area contributed by atoms with E-state index in [4.69, 9.17) is 18.9 Å². The molecule has 2 rings (SSSR count). The third-order valence-corrected chi connectivity index (χ3v) is 20.5. The Morgan fingerprint density at radius 2 is 0.684 bits per heavy atom. The number of carbonyl (C=O) groups excluding carboxylic acids is 1. The third-order valence-electron chi connectivity index (χ3n) is 20.5. The zero-order valence-electron chi connectivity index (χ0n) is 63.3. The lowest BCUT2D eigenvalue weighted by atomic mass is 9.97. The number of hydrogen-bond acceptors (Lipinski definition) is 13. The van der Waals surface area contributed by atoms with Gasteiger partial charge in [-0.1, -0.05) is 364 Å². The average Bonchev–Trinajstić information content (AvgIpc) is 0.793. The van der Waals surface area contributed by atoms with E-state index in [1.807, 2.05) is 6.08 Å². The summed E-state index contributed by atoms with van der Waals surface area (Å²) in [6, 6.07) is -0.932. The van der Waals surface area contributed by atoms with E-state index in [-0.39, 0.29) is 18.9 Å². The highest BCUT2D eigenvalue weighted by Crippen LogP contribution is 2.30. The van der Waals surface area contributed by atoms with Crippen molar-refractivity contribution in [3.8, 4) is 0 Å². The number of carbonyl (C=O) groups is 1. The predicted octanol–water partition coefficient (Wildman–Crippen LogP) is 19.4. The highest BCUT2D eigenvalue weighted by molar-refractivity contribution is 5.76. The first-order chi connectivity index (χ1) is 48.1. The first kappa shape index (κ1) is 92.0. The summed E-state index contributed by atoms with van der Waals surface area (Å²) in [7, 11) is 0. The van der Waals surface area contributed by atoms with Gasteiger partial charge in [-0.25, -0.2) is 0 Å². The van der Waals surface area contributed by atoms with Gasteiger partial charge in [-0.15, -0.1) is 0 Å². The zero-order chi connectivity index (χ0) is 70.8. The van der Waals surface area contributed by atoms with E-state index in [9.17, 15) is 45.6 Å². The van der Waals surface area contributed by atoms with Crippen LogP contribution >= 0.6 is 0 Å². The van der Waals surface area contributed by atoms with Gasteiger partial charge in [-0.2, -0.15) is 0 Å². The molecule has 14 nitrogen and oxygen atoms in total. The van der Waals surface area contributed by atoms with Crippen LogP contribution in [0.1, 0.15) is 386 Å². The van der Waals surface area contributed by atoms with E-state index in [0.717, 1.165) is 38.5 Å². The van der Waals surface area contributed by atoms with Gasteiger partial charge in [0, 0.05) is 6.42 Å². The maximum Gasteiger partial charge on any atom is 0.220 e. The summed E-state index contributed by atoms with van der Waals surface area (Å²) in [5.41, 5.74) is 0. The van der Waals surface area contributed by atoms with Crippen LogP contribution in [0.15, 0.2) is 48.6 Å². The van der Waals surface area contributed by atoms with Crippen molar-refractivity contribution in [2.75, 3.05) is 19.8 Å². The van der Waals surface area contributed by atoms with Gasteiger partial charge in [0.05, 0.1) is 32.0 Å². The summed E-state index contributed by atoms with van der Waals surface area (Å²) < 4.78 is 22.9. The number of aliphatic hydroxyl groups is 8. The van der Waals surface area contributed by atoms with E-state index in [1.54, 1.807) is 6.08 Å². The van der Waals surface area contributed by atoms with Crippen LogP contribution in [-0.4, -0.2) is 140 Å². The molecule has 0 spiro atoms. The van der Waals surface area contributed by atoms with Crippen molar-refractivity contribution in [1.29, 1.82) is 0 Å². The molecule has 0 aromatic heterocycles. The van der Waals surface area contributed by atoms with Gasteiger partial charge in [-0.3, -0.25) is 4.79 Å². The fourth-order valence-electron chi connectivity index (χ4n) is 13.9. The number of amides is 1. The molecule has 14 heteroatoms. The largest absolute Gasteiger partial charge is 0.394 e. The van der Waals surface area contributed by atoms with Gasteiger partial charge in [0.1, 0.15) is 48.8 Å². The maximum absolute atomic E-state index is 13.4. The van der Waals surface area contributed by atoms with E-state index in [2.05, 4.69) is 55.6 Å². The van der Waals surface area contributed by atoms with Crippen molar-refractivity contribution in [1.82, 2.24) is 5.32 Å². The molecule has 12 unspecified atom stereocenters. The van der Waals surface area contributed by atoms with Crippen LogP contribution in [-0.2, 0) is 23.7 Å². The molecule has 576 valence electrons. The molecule has 0 bridgehead atoms. The molecule has 1 amide bonds. The number of hydrogen-bond donors (Lipinski definition) is 9. The van der Waals surface area contributed by atoms with Gasteiger partial charge in [0.15, 0.2) is 12.6 Å². The van der Waals surface area contributed by atoms with Crippen molar-refractivity contribution in [3.05, 3.63) is 48.6 Å². The highest BCUT2D eigenvalue weighted by Gasteiger charge is 2.51. The molecule has 2 fully saturated rings. The summed E-state index contributed by atoms with van der Waals surface area (Å²) in [5.74, 6) is -0.241. The Hall–Kier alpha value is -2.05. The summed E-state index contributed by atoms with van der Waals surface area (Å²) in [4.78, 5) is 13.4. The van der Waals surface area contributed by atoms with Gasteiger partial charge < -0.3 is 65.1 Å². The van der Waals surface area contributed by atoms with Gasteiger partial charge in [0.2, 0.25) is 5.91 Å². The minimum absolute atomic E-state index is 0.241. The van der Waals surface area contributed by atoms with E-state index in [1.165, 1.54) is 315 Å². The lowest BCUT2D eigenvalue weighted by Gasteiger charge is -2.46. The number of aliphatic hydroxyl groups excluding tert-OH is 8. The van der Waals surface area contributed by atoms with Gasteiger partial charge >= 0.3 is 0 Å². The quantitative estimate of drug-likeness (QED) is 0.0204. The number of unbranched alkanes of at least 4 members (excludes halogenated alkanes) is 52. The van der Waals surface area contributed by atoms with Gasteiger partial charge in [-0.05, 0) is 64.2 Å². The van der Waals surface area contributed by atoms with Crippen molar-refractivity contribution < 1.29 is 64.6 Å². The number of allylic oxidation sites excluding steroid dienone is 7. The second-order valence-electron chi connectivity index (χ2n) is 29.6. The summed E-state index contributed by atoms with van der Waals surface area (Å²) in [6.45, 7) is 2.83. The SMILES string of the molecule is CCCCCCC/C=C\C/C=C\CCCCCCCCCCCCCCCCCCCCCCCCCCCCCC(=O)NC(COC1OC(CO)C(OC2OC(CO)C(O)C(O)C2O)C(O)C1O)C(O)/C=C/CC/C=C/CCCCCCCCCCCCCCCCCCCCC. The predicted molar refractivity (Wildman–Crippen MR) is 406 cm³/mol. The van der Waals surface area contributed by atoms with Crippen molar-refractivity contribution >= 4 is 5.91 Å². The summed E-state index contributed by atoms with van der Waals surface area (Å²) >= 11 is 0. The minimum Gasteiger partial charge on any atom is -0.394 e. The second-order valence-corrected chi connectivity index (χ2v) is 29.6. The van der Waals surface area contributed by atoms with Crippen LogP contribution in [0.2, 0.25) is 0 Å². The number of nitrogens with one attached hydrogen (secondary N) is 1. The molecule has 2 heterocycles. The Morgan fingerprint density at radius 3 is 1.06 bits per heavy atom. The van der Waals surface area contributed by atoms with Crippen LogP contribution in [0.25, 0.3) is 0 Å². The lowest BCUT2D eigenvalue weighted by Crippen LogP contribution is -2.65. The molecule has 12 atom stereocenters. The first-order valence-corrected chi connectivity index (χ1v) is 41.9. The van der Waals surface area contributed by atoms with E-state index in [0.29, 0.717) is 12.8 Å². The molecule has 0 aliphatic carbocycles. The number of rotatable bonds is 71. The van der Waals surface area contributed by atoms with Crippen molar-refractivity contribution in [2.24, 2.45) is 0 Å². The van der Waals surface area contributed by atoms with Crippen LogP contribution in [0, 0.1) is 0 Å². The first-order valence-electron chi connectivity index (χ1n) is 41.9. The Bertz CT molecular complexity index is 1830. The second kappa shape index (κ2) is 68.1. The molecule has 0 aromatic rings. The molecule has 98 heavy (non-hydrogen) atoms. The molecule has 2 aliphatic heterocycles. The highest BCUT2D eigenvalue weighted by atomic mass is 16.7. The number of ether oxygens (including phenoxy) is 4.